The van der Waals surface area contributed by atoms with Gasteiger partial charge in [0.25, 0.3) is 0 Å². The van der Waals surface area contributed by atoms with Crippen molar-refractivity contribution < 1.29 is 4.74 Å². The second-order valence-corrected chi connectivity index (χ2v) is 3.16. The molecule has 0 unspecified atom stereocenters. The maximum Gasteiger partial charge on any atom is 0.0860 e. The van der Waals surface area contributed by atoms with Gasteiger partial charge in [-0.05, 0) is 11.8 Å². The van der Waals surface area contributed by atoms with Crippen molar-refractivity contribution in [2.75, 3.05) is 6.61 Å². The van der Waals surface area contributed by atoms with E-state index in [-0.39, 0.29) is 0 Å². The molecule has 1 aliphatic rings. The molecule has 0 bridgehead atoms. The summed E-state index contributed by atoms with van der Waals surface area (Å²) in [5.41, 5.74) is 0.431. The van der Waals surface area contributed by atoms with Gasteiger partial charge in [-0.2, -0.15) is 0 Å². The lowest BCUT2D eigenvalue weighted by atomic mass is 9.87. The third kappa shape index (κ3) is 1.03. The third-order valence-corrected chi connectivity index (χ3v) is 2.12. The van der Waals surface area contributed by atoms with Gasteiger partial charge in [-0.15, -0.1) is 0 Å². The van der Waals surface area contributed by atoms with E-state index in [1.54, 1.807) is 0 Å². The van der Waals surface area contributed by atoms with Crippen LogP contribution in [0.4, 0.5) is 0 Å². The van der Waals surface area contributed by atoms with Crippen LogP contribution in [0.5, 0.6) is 0 Å². The largest absolute Gasteiger partial charge is 0.373 e. The molecule has 0 aromatic heterocycles. The summed E-state index contributed by atoms with van der Waals surface area (Å²) >= 11 is 0. The fraction of sp³-hybridized carbons (Fsp3) is 1.00. The van der Waals surface area contributed by atoms with Gasteiger partial charge < -0.3 is 4.74 Å². The second-order valence-electron chi connectivity index (χ2n) is 3.16. The van der Waals surface area contributed by atoms with E-state index in [4.69, 9.17) is 4.74 Å². The lowest BCUT2D eigenvalue weighted by Crippen LogP contribution is -2.17. The van der Waals surface area contributed by atoms with E-state index in [0.717, 1.165) is 6.61 Å². The number of ether oxygens (including phenoxy) is 1. The number of epoxide rings is 1. The lowest BCUT2D eigenvalue weighted by molar-refractivity contribution is 0.235. The molecule has 0 aromatic carbocycles. The fourth-order valence-corrected chi connectivity index (χ4v) is 0.727. The Balaban J connectivity index is 2.37. The first-order valence-corrected chi connectivity index (χ1v) is 3.28. The van der Waals surface area contributed by atoms with Crippen molar-refractivity contribution in [2.24, 2.45) is 5.41 Å². The minimum Gasteiger partial charge on any atom is -0.373 e. The van der Waals surface area contributed by atoms with Gasteiger partial charge in [-0.1, -0.05) is 20.8 Å². The number of hydrogen-bond donors (Lipinski definition) is 0. The molecule has 1 saturated heterocycles. The predicted octanol–water partition coefficient (Wildman–Crippen LogP) is 1.82. The molecule has 1 heterocycles. The molecule has 1 nitrogen and oxygen atoms in total. The minimum absolute atomic E-state index is 0.431. The smallest absolute Gasteiger partial charge is 0.0860 e. The summed E-state index contributed by atoms with van der Waals surface area (Å²) in [6.45, 7) is 7.71. The van der Waals surface area contributed by atoms with Crippen LogP contribution in [-0.2, 0) is 4.74 Å². The number of rotatable bonds is 2. The van der Waals surface area contributed by atoms with Crippen LogP contribution in [-0.4, -0.2) is 12.7 Å². The zero-order valence-electron chi connectivity index (χ0n) is 5.90. The van der Waals surface area contributed by atoms with Gasteiger partial charge in [0.05, 0.1) is 12.7 Å². The van der Waals surface area contributed by atoms with Crippen molar-refractivity contribution in [3.8, 4) is 0 Å². The van der Waals surface area contributed by atoms with E-state index in [0.29, 0.717) is 11.5 Å². The zero-order valence-corrected chi connectivity index (χ0v) is 5.90. The van der Waals surface area contributed by atoms with Gasteiger partial charge in [0, 0.05) is 0 Å². The maximum absolute atomic E-state index is 5.16. The van der Waals surface area contributed by atoms with Gasteiger partial charge in [0.1, 0.15) is 0 Å². The first kappa shape index (κ1) is 6.09. The third-order valence-electron chi connectivity index (χ3n) is 2.12. The lowest BCUT2D eigenvalue weighted by Gasteiger charge is -2.18. The van der Waals surface area contributed by atoms with Crippen LogP contribution in [0.15, 0.2) is 0 Å². The molecular weight excluding hydrogens is 100 g/mol. The Hall–Kier alpha value is -0.0400. The van der Waals surface area contributed by atoms with Crippen molar-refractivity contribution in [3.05, 3.63) is 0 Å². The molecule has 1 fully saturated rings. The van der Waals surface area contributed by atoms with Crippen molar-refractivity contribution in [2.45, 2.75) is 33.3 Å². The zero-order chi connectivity index (χ0) is 6.20. The maximum atomic E-state index is 5.16. The number of hydrogen-bond acceptors (Lipinski definition) is 1. The summed E-state index contributed by atoms with van der Waals surface area (Å²) in [7, 11) is 0. The van der Waals surface area contributed by atoms with E-state index >= 15 is 0 Å². The highest BCUT2D eigenvalue weighted by atomic mass is 16.6. The normalized spacial score (nSPS) is 28.1. The summed E-state index contributed by atoms with van der Waals surface area (Å²) in [5.74, 6) is 0. The van der Waals surface area contributed by atoms with E-state index in [9.17, 15) is 0 Å². The van der Waals surface area contributed by atoms with Gasteiger partial charge in [0.2, 0.25) is 0 Å². The van der Waals surface area contributed by atoms with Gasteiger partial charge >= 0.3 is 0 Å². The standard InChI is InChI=1S/C7H14O/c1-4-7(2,3)6-5-8-6/h6H,4-5H2,1-3H3/t6-/m0/s1. The van der Waals surface area contributed by atoms with Gasteiger partial charge in [-0.25, -0.2) is 0 Å². The molecule has 1 rings (SSSR count). The van der Waals surface area contributed by atoms with Crippen molar-refractivity contribution in [1.82, 2.24) is 0 Å². The molecular formula is C7H14O. The molecule has 0 radical (unpaired) electrons. The molecule has 0 spiro atoms. The topological polar surface area (TPSA) is 12.5 Å². The van der Waals surface area contributed by atoms with Crippen molar-refractivity contribution in [1.29, 1.82) is 0 Å². The molecule has 0 amide bonds. The molecule has 1 aliphatic heterocycles. The Morgan fingerprint density at radius 3 is 2.25 bits per heavy atom. The van der Waals surface area contributed by atoms with Crippen LogP contribution >= 0.6 is 0 Å². The monoisotopic (exact) mass is 114 g/mol. The average molecular weight is 114 g/mol. The van der Waals surface area contributed by atoms with Crippen LogP contribution in [0.2, 0.25) is 0 Å². The second kappa shape index (κ2) is 1.73. The molecule has 48 valence electrons. The Bertz CT molecular complexity index is 82.4. The molecule has 0 aliphatic carbocycles. The molecule has 0 aromatic rings. The molecule has 1 heteroatoms. The van der Waals surface area contributed by atoms with Crippen LogP contribution in [0, 0.1) is 5.41 Å². The van der Waals surface area contributed by atoms with E-state index in [1.165, 1.54) is 6.42 Å². The Labute approximate surface area is 51.0 Å². The van der Waals surface area contributed by atoms with Crippen LogP contribution in [0.25, 0.3) is 0 Å². The first-order valence-electron chi connectivity index (χ1n) is 3.28. The first-order chi connectivity index (χ1) is 3.67. The molecule has 8 heavy (non-hydrogen) atoms. The Kier molecular flexibility index (Phi) is 1.31. The van der Waals surface area contributed by atoms with Crippen LogP contribution < -0.4 is 0 Å². The molecule has 1 atom stereocenters. The quantitative estimate of drug-likeness (QED) is 0.499. The molecule has 0 N–H and O–H groups in total. The summed E-state index contributed by atoms with van der Waals surface area (Å²) in [5, 5.41) is 0. The predicted molar refractivity (Wildman–Crippen MR) is 33.8 cm³/mol. The van der Waals surface area contributed by atoms with Crippen LogP contribution in [0.1, 0.15) is 27.2 Å². The SMILES string of the molecule is CCC(C)(C)[C@@H]1CO1. The Morgan fingerprint density at radius 1 is 1.62 bits per heavy atom. The van der Waals surface area contributed by atoms with Crippen molar-refractivity contribution in [3.63, 3.8) is 0 Å². The fourth-order valence-electron chi connectivity index (χ4n) is 0.727. The highest BCUT2D eigenvalue weighted by molar-refractivity contribution is 4.85. The highest BCUT2D eigenvalue weighted by Gasteiger charge is 2.37. The van der Waals surface area contributed by atoms with Gasteiger partial charge in [0.15, 0.2) is 0 Å². The van der Waals surface area contributed by atoms with E-state index < -0.39 is 0 Å². The van der Waals surface area contributed by atoms with E-state index in [2.05, 4.69) is 20.8 Å². The summed E-state index contributed by atoms with van der Waals surface area (Å²) < 4.78 is 5.16. The summed E-state index contributed by atoms with van der Waals surface area (Å²) in [6.07, 6.45) is 1.78. The van der Waals surface area contributed by atoms with Crippen molar-refractivity contribution >= 4 is 0 Å². The average Bonchev–Trinajstić information content (AvgIpc) is 2.44. The van der Waals surface area contributed by atoms with E-state index in [1.807, 2.05) is 0 Å². The summed E-state index contributed by atoms with van der Waals surface area (Å²) in [4.78, 5) is 0. The minimum atomic E-state index is 0.431. The molecule has 0 saturated carbocycles. The highest BCUT2D eigenvalue weighted by Crippen LogP contribution is 2.34. The van der Waals surface area contributed by atoms with Gasteiger partial charge in [-0.3, -0.25) is 0 Å². The summed E-state index contributed by atoms with van der Waals surface area (Å²) in [6, 6.07) is 0. The van der Waals surface area contributed by atoms with Crippen LogP contribution in [0.3, 0.4) is 0 Å². The Morgan fingerprint density at radius 2 is 2.12 bits per heavy atom.